The Kier molecular flexibility index (Phi) is 4.89. The maximum absolute atomic E-state index is 12.7. The van der Waals surface area contributed by atoms with Gasteiger partial charge in [-0.15, -0.1) is 0 Å². The second-order valence-corrected chi connectivity index (χ2v) is 8.64. The molecule has 0 N–H and O–H groups in total. The average molecular weight is 452 g/mol. The highest BCUT2D eigenvalue weighted by Gasteiger charge is 2.59. The Labute approximate surface area is 171 Å². The highest BCUT2D eigenvalue weighted by atomic mass is 79.9. The molecule has 142 valence electrons. The summed E-state index contributed by atoms with van der Waals surface area (Å²) in [4.78, 5) is 25.3. The van der Waals surface area contributed by atoms with E-state index < -0.39 is 0 Å². The number of hydrogen-bond acceptors (Lipinski definition) is 4. The van der Waals surface area contributed by atoms with E-state index in [9.17, 15) is 9.59 Å². The summed E-state index contributed by atoms with van der Waals surface area (Å²) in [6.45, 7) is 4.01. The van der Waals surface area contributed by atoms with Crippen LogP contribution in [-0.2, 0) is 9.59 Å². The van der Waals surface area contributed by atoms with Crippen LogP contribution in [0.15, 0.2) is 33.9 Å². The lowest BCUT2D eigenvalue weighted by Gasteiger charge is -2.16. The van der Waals surface area contributed by atoms with Crippen molar-refractivity contribution >= 4 is 45.6 Å². The molecular weight excluding hydrogens is 432 g/mol. The summed E-state index contributed by atoms with van der Waals surface area (Å²) in [5.41, 5.74) is 0.683. The molecule has 0 aromatic heterocycles. The molecule has 1 aliphatic heterocycles. The smallest absolute Gasteiger partial charge is 0.254 e. The van der Waals surface area contributed by atoms with Gasteiger partial charge in [-0.25, -0.2) is 0 Å². The summed E-state index contributed by atoms with van der Waals surface area (Å²) < 4.78 is 6.53. The van der Waals surface area contributed by atoms with Crippen molar-refractivity contribution < 1.29 is 14.3 Å². The van der Waals surface area contributed by atoms with Gasteiger partial charge in [0.1, 0.15) is 0 Å². The normalized spacial score (nSPS) is 29.9. The summed E-state index contributed by atoms with van der Waals surface area (Å²) in [5, 5.41) is 5.67. The van der Waals surface area contributed by atoms with Crippen LogP contribution in [0.1, 0.15) is 32.3 Å². The molecule has 1 saturated heterocycles. The third-order valence-corrected chi connectivity index (χ3v) is 6.55. The van der Waals surface area contributed by atoms with E-state index in [1.807, 2.05) is 19.9 Å². The Hall–Kier alpha value is -1.66. The van der Waals surface area contributed by atoms with Gasteiger partial charge in [-0.05, 0) is 65.2 Å². The average Bonchev–Trinajstić information content (AvgIpc) is 3.31. The van der Waals surface area contributed by atoms with Crippen molar-refractivity contribution in [3.63, 3.8) is 0 Å². The van der Waals surface area contributed by atoms with Crippen LogP contribution < -0.4 is 4.74 Å². The number of carbonyl (C=O) groups excluding carboxylic acids is 2. The number of imide groups is 1. The summed E-state index contributed by atoms with van der Waals surface area (Å²) in [6.07, 6.45) is 7.44. The zero-order valence-corrected chi connectivity index (χ0v) is 17.4. The fraction of sp³-hybridized carbons (Fsp3) is 0.450. The van der Waals surface area contributed by atoms with Crippen molar-refractivity contribution in [1.29, 1.82) is 0 Å². The molecule has 7 heteroatoms. The number of fused-ring (bicyclic) bond motifs is 5. The van der Waals surface area contributed by atoms with Gasteiger partial charge < -0.3 is 4.74 Å². The molecule has 1 saturated carbocycles. The van der Waals surface area contributed by atoms with Crippen LogP contribution in [0.25, 0.3) is 0 Å². The molecule has 5 atom stereocenters. The fourth-order valence-corrected chi connectivity index (χ4v) is 5.13. The molecule has 3 aliphatic rings. The fourth-order valence-electron chi connectivity index (χ4n) is 4.18. The van der Waals surface area contributed by atoms with Gasteiger partial charge in [0.15, 0.2) is 5.75 Å². The molecule has 5 nitrogen and oxygen atoms in total. The van der Waals surface area contributed by atoms with E-state index in [4.69, 9.17) is 16.3 Å². The highest BCUT2D eigenvalue weighted by Crippen LogP contribution is 2.52. The van der Waals surface area contributed by atoms with E-state index in [0.717, 1.165) is 17.9 Å². The Bertz CT molecular complexity index is 816. The predicted octanol–water partition coefficient (Wildman–Crippen LogP) is 4.42. The lowest BCUT2D eigenvalue weighted by atomic mass is 9.85. The van der Waals surface area contributed by atoms with E-state index in [-0.39, 0.29) is 41.6 Å². The van der Waals surface area contributed by atoms with E-state index in [0.29, 0.717) is 20.8 Å². The van der Waals surface area contributed by atoms with Crippen LogP contribution in [0.5, 0.6) is 5.75 Å². The number of amides is 2. The molecule has 2 bridgehead atoms. The number of hydrazone groups is 1. The van der Waals surface area contributed by atoms with Crippen LogP contribution >= 0.6 is 27.5 Å². The summed E-state index contributed by atoms with van der Waals surface area (Å²) >= 11 is 9.81. The summed E-state index contributed by atoms with van der Waals surface area (Å²) in [6, 6.07) is 3.52. The monoisotopic (exact) mass is 450 g/mol. The minimum absolute atomic E-state index is 0.0431. The molecule has 4 rings (SSSR count). The van der Waals surface area contributed by atoms with Crippen LogP contribution in [-0.4, -0.2) is 29.1 Å². The van der Waals surface area contributed by atoms with Crippen molar-refractivity contribution in [3.05, 3.63) is 39.3 Å². The van der Waals surface area contributed by atoms with Gasteiger partial charge in [-0.2, -0.15) is 10.1 Å². The van der Waals surface area contributed by atoms with Crippen molar-refractivity contribution in [2.75, 3.05) is 0 Å². The molecule has 2 amide bonds. The minimum atomic E-state index is -0.244. The zero-order chi connectivity index (χ0) is 19.3. The quantitative estimate of drug-likeness (QED) is 0.378. The van der Waals surface area contributed by atoms with Crippen molar-refractivity contribution in [1.82, 2.24) is 5.01 Å². The number of hydrogen-bond donors (Lipinski definition) is 0. The molecular formula is C20H20BrClN2O3. The first-order valence-electron chi connectivity index (χ1n) is 9.16. The third-order valence-electron chi connectivity index (χ3n) is 5.68. The standard InChI is InChI=1S/C20H20BrClN2O3/c1-3-10(2)27-18-14(21)6-11(7-15(18)22)9-23-24-19(25)16-12-4-5-13(8-12)17(16)20(24)26/h4-7,9-10,12-13,16-17H,3,8H2,1-2H3/t10-,12+,13+,16-,17+/m1/s1. The Morgan fingerprint density at radius 3 is 2.48 bits per heavy atom. The van der Waals surface area contributed by atoms with Gasteiger partial charge in [-0.1, -0.05) is 30.7 Å². The van der Waals surface area contributed by atoms with E-state index in [2.05, 4.69) is 33.2 Å². The zero-order valence-electron chi connectivity index (χ0n) is 15.1. The maximum atomic E-state index is 12.7. The number of carbonyl (C=O) groups is 2. The minimum Gasteiger partial charge on any atom is -0.488 e. The second-order valence-electron chi connectivity index (χ2n) is 7.38. The van der Waals surface area contributed by atoms with Crippen molar-refractivity contribution in [2.45, 2.75) is 32.8 Å². The number of halogens is 2. The number of ether oxygens (including phenoxy) is 1. The van der Waals surface area contributed by atoms with Gasteiger partial charge in [0.25, 0.3) is 11.8 Å². The summed E-state index contributed by atoms with van der Waals surface area (Å²) in [7, 11) is 0. The van der Waals surface area contributed by atoms with Crippen LogP contribution in [0.2, 0.25) is 5.02 Å². The highest BCUT2D eigenvalue weighted by molar-refractivity contribution is 9.10. The first kappa shape index (κ1) is 18.7. The van der Waals surface area contributed by atoms with Gasteiger partial charge in [0, 0.05) is 0 Å². The number of rotatable bonds is 5. The topological polar surface area (TPSA) is 59.0 Å². The summed E-state index contributed by atoms with van der Waals surface area (Å²) in [5.74, 6) is 0.0562. The van der Waals surface area contributed by atoms with E-state index in [1.54, 1.807) is 6.07 Å². The molecule has 0 spiro atoms. The number of nitrogens with zero attached hydrogens (tertiary/aromatic N) is 2. The maximum Gasteiger partial charge on any atom is 0.254 e. The number of benzene rings is 1. The van der Waals surface area contributed by atoms with Crippen LogP contribution in [0.4, 0.5) is 0 Å². The van der Waals surface area contributed by atoms with Gasteiger partial charge in [0.05, 0.1) is 33.6 Å². The number of allylic oxidation sites excluding steroid dienone is 2. The Morgan fingerprint density at radius 2 is 1.93 bits per heavy atom. The largest absolute Gasteiger partial charge is 0.488 e. The van der Waals surface area contributed by atoms with Gasteiger partial charge >= 0.3 is 0 Å². The molecule has 0 unspecified atom stereocenters. The third kappa shape index (κ3) is 3.13. The first-order valence-corrected chi connectivity index (χ1v) is 10.3. The lowest BCUT2D eigenvalue weighted by Crippen LogP contribution is -2.28. The van der Waals surface area contributed by atoms with Crippen LogP contribution in [0, 0.1) is 23.7 Å². The molecule has 2 aliphatic carbocycles. The Morgan fingerprint density at radius 1 is 1.30 bits per heavy atom. The van der Waals surface area contributed by atoms with E-state index in [1.165, 1.54) is 6.21 Å². The second kappa shape index (κ2) is 7.06. The van der Waals surface area contributed by atoms with Gasteiger partial charge in [0.2, 0.25) is 0 Å². The SMILES string of the molecule is CC[C@@H](C)Oc1c(Cl)cc(C=NN2C(=O)[C@@H]3[C@H](C2=O)[C@H]2C=C[C@H]3C2)cc1Br. The first-order chi connectivity index (χ1) is 12.9. The van der Waals surface area contributed by atoms with Crippen molar-refractivity contribution in [3.8, 4) is 5.75 Å². The lowest BCUT2D eigenvalue weighted by molar-refractivity contribution is -0.140. The van der Waals surface area contributed by atoms with Crippen molar-refractivity contribution in [2.24, 2.45) is 28.8 Å². The molecule has 2 fully saturated rings. The molecule has 27 heavy (non-hydrogen) atoms. The Balaban J connectivity index is 1.54. The predicted molar refractivity (Wildman–Crippen MR) is 107 cm³/mol. The molecule has 0 radical (unpaired) electrons. The van der Waals surface area contributed by atoms with Crippen LogP contribution in [0.3, 0.4) is 0 Å². The van der Waals surface area contributed by atoms with E-state index >= 15 is 0 Å². The van der Waals surface area contributed by atoms with Gasteiger partial charge in [-0.3, -0.25) is 9.59 Å². The molecule has 1 aromatic rings. The molecule has 1 aromatic carbocycles. The molecule has 1 heterocycles.